The lowest BCUT2D eigenvalue weighted by Gasteiger charge is -2.63. The predicted molar refractivity (Wildman–Crippen MR) is 109 cm³/mol. The lowest BCUT2D eigenvalue weighted by atomic mass is 9.48. The van der Waals surface area contributed by atoms with Crippen LogP contribution < -0.4 is 10.1 Å². The van der Waals surface area contributed by atoms with Gasteiger partial charge in [0.2, 0.25) is 0 Å². The van der Waals surface area contributed by atoms with Gasteiger partial charge in [-0.1, -0.05) is 17.7 Å². The first-order valence-corrected chi connectivity index (χ1v) is 10.7. The van der Waals surface area contributed by atoms with Crippen molar-refractivity contribution in [3.8, 4) is 5.75 Å². The van der Waals surface area contributed by atoms with E-state index in [1.807, 2.05) is 12.1 Å². The van der Waals surface area contributed by atoms with Crippen molar-refractivity contribution in [1.82, 2.24) is 10.2 Å². The largest absolute Gasteiger partial charge is 0.486 e. The van der Waals surface area contributed by atoms with Gasteiger partial charge < -0.3 is 20.3 Å². The molecule has 156 valence electrons. The lowest BCUT2D eigenvalue weighted by Crippen LogP contribution is -2.77. The number of nitrogens with zero attached hydrogens (tertiary/aromatic N) is 1. The van der Waals surface area contributed by atoms with Crippen LogP contribution in [0.1, 0.15) is 54.6 Å². The molecule has 2 aliphatic heterocycles. The van der Waals surface area contributed by atoms with Crippen LogP contribution in [0.15, 0.2) is 23.8 Å². The number of carbonyl (C=O) groups is 1. The second kappa shape index (κ2) is 6.30. The first-order chi connectivity index (χ1) is 13.8. The van der Waals surface area contributed by atoms with Gasteiger partial charge in [0.05, 0.1) is 22.7 Å². The van der Waals surface area contributed by atoms with Gasteiger partial charge in [-0.15, -0.1) is 0 Å². The van der Waals surface area contributed by atoms with Crippen molar-refractivity contribution in [3.63, 3.8) is 0 Å². The van der Waals surface area contributed by atoms with Gasteiger partial charge in [-0.2, -0.15) is 0 Å². The number of hydrogen-bond donors (Lipinski definition) is 3. The third-order valence-electron chi connectivity index (χ3n) is 7.77. The molecule has 0 radical (unpaired) electrons. The van der Waals surface area contributed by atoms with Gasteiger partial charge >= 0.3 is 0 Å². The highest BCUT2D eigenvalue weighted by Gasteiger charge is 2.72. The van der Waals surface area contributed by atoms with Crippen LogP contribution in [0.2, 0.25) is 0 Å². The van der Waals surface area contributed by atoms with Crippen molar-refractivity contribution in [2.24, 2.45) is 0 Å². The number of carbonyl (C=O) groups excluding carboxylic acids is 1. The molecule has 3 N–H and O–H groups in total. The molecule has 6 heteroatoms. The molecule has 5 unspecified atom stereocenters. The molecule has 2 fully saturated rings. The second-order valence-corrected chi connectivity index (χ2v) is 9.34. The van der Waals surface area contributed by atoms with Crippen molar-refractivity contribution < 1.29 is 19.7 Å². The van der Waals surface area contributed by atoms with E-state index in [0.717, 1.165) is 37.1 Å². The normalized spacial score (nSPS) is 36.8. The zero-order valence-electron chi connectivity index (χ0n) is 17.4. The van der Waals surface area contributed by atoms with Gasteiger partial charge in [0, 0.05) is 25.2 Å². The van der Waals surface area contributed by atoms with Crippen molar-refractivity contribution in [2.45, 2.75) is 68.8 Å². The quantitative estimate of drug-likeness (QED) is 0.673. The summed E-state index contributed by atoms with van der Waals surface area (Å²) < 4.78 is 6.34. The summed E-state index contributed by atoms with van der Waals surface area (Å²) in [4.78, 5) is 14.9. The maximum Gasteiger partial charge on any atom is 0.254 e. The highest BCUT2D eigenvalue weighted by atomic mass is 16.5. The van der Waals surface area contributed by atoms with E-state index in [2.05, 4.69) is 30.1 Å². The minimum Gasteiger partial charge on any atom is -0.486 e. The van der Waals surface area contributed by atoms with Crippen molar-refractivity contribution in [3.05, 3.63) is 40.5 Å². The Morgan fingerprint density at radius 3 is 2.90 bits per heavy atom. The van der Waals surface area contributed by atoms with Crippen LogP contribution in [-0.2, 0) is 11.8 Å². The van der Waals surface area contributed by atoms with E-state index in [9.17, 15) is 15.0 Å². The summed E-state index contributed by atoms with van der Waals surface area (Å²) in [6.45, 7) is 5.85. The standard InChI is InChI=1S/C23H30N2O4/c1-13(2)7-10-25-11-9-22-18-14-4-5-15(21(27)24-3)19(18)29-20(22)16(26)6-8-23(22,28)17(25)12-14/h4-5,7,16-17,20,26,28H,6,8-12H2,1-3H3,(H,24,27). The van der Waals surface area contributed by atoms with Crippen molar-refractivity contribution in [2.75, 3.05) is 20.1 Å². The van der Waals surface area contributed by atoms with E-state index in [-0.39, 0.29) is 11.9 Å². The summed E-state index contributed by atoms with van der Waals surface area (Å²) in [5.41, 5.74) is 2.26. The molecule has 1 amide bonds. The number of aliphatic hydroxyl groups is 2. The molecule has 1 aromatic carbocycles. The first-order valence-electron chi connectivity index (χ1n) is 10.7. The molecule has 29 heavy (non-hydrogen) atoms. The minimum atomic E-state index is -0.968. The summed E-state index contributed by atoms with van der Waals surface area (Å²) in [6.07, 6.45) is 3.58. The third kappa shape index (κ3) is 2.31. The Hall–Kier alpha value is -1.89. The Balaban J connectivity index is 1.70. The number of rotatable bonds is 3. The third-order valence-corrected chi connectivity index (χ3v) is 7.77. The highest BCUT2D eigenvalue weighted by molar-refractivity contribution is 5.98. The fourth-order valence-corrected chi connectivity index (χ4v) is 6.45. The summed E-state index contributed by atoms with van der Waals surface area (Å²) in [6, 6.07) is 3.83. The van der Waals surface area contributed by atoms with E-state index in [1.165, 1.54) is 5.57 Å². The highest BCUT2D eigenvalue weighted by Crippen LogP contribution is 2.64. The molecular formula is C23H30N2O4. The molecule has 0 aromatic heterocycles. The second-order valence-electron chi connectivity index (χ2n) is 9.34. The molecule has 1 spiro atoms. The number of hydrogen-bond acceptors (Lipinski definition) is 5. The molecule has 2 heterocycles. The summed E-state index contributed by atoms with van der Waals surface area (Å²) in [5, 5.41) is 25.8. The van der Waals surface area contributed by atoms with Gasteiger partial charge in [-0.25, -0.2) is 0 Å². The molecule has 5 atom stereocenters. The van der Waals surface area contributed by atoms with Crippen molar-refractivity contribution >= 4 is 5.91 Å². The molecule has 1 aromatic rings. The van der Waals surface area contributed by atoms with Crippen LogP contribution >= 0.6 is 0 Å². The van der Waals surface area contributed by atoms with Crippen LogP contribution in [0.25, 0.3) is 0 Å². The van der Waals surface area contributed by atoms with Gasteiger partial charge in [0.25, 0.3) is 5.91 Å². The van der Waals surface area contributed by atoms with E-state index in [0.29, 0.717) is 24.2 Å². The number of ether oxygens (including phenoxy) is 1. The molecule has 6 nitrogen and oxygen atoms in total. The molecule has 2 bridgehead atoms. The predicted octanol–water partition coefficient (Wildman–Crippen LogP) is 1.53. The van der Waals surface area contributed by atoms with Crippen molar-refractivity contribution in [1.29, 1.82) is 0 Å². The number of benzene rings is 1. The monoisotopic (exact) mass is 398 g/mol. The molecule has 1 saturated carbocycles. The van der Waals surface area contributed by atoms with E-state index < -0.39 is 23.2 Å². The topological polar surface area (TPSA) is 82.0 Å². The Kier molecular flexibility index (Phi) is 4.15. The number of nitrogens with one attached hydrogen (secondary N) is 1. The summed E-state index contributed by atoms with van der Waals surface area (Å²) in [7, 11) is 1.61. The fraction of sp³-hybridized carbons (Fsp3) is 0.609. The Labute approximate surface area is 171 Å². The molecule has 1 saturated heterocycles. The van der Waals surface area contributed by atoms with Crippen LogP contribution in [0, 0.1) is 0 Å². The molecule has 4 aliphatic rings. The zero-order chi connectivity index (χ0) is 20.6. The fourth-order valence-electron chi connectivity index (χ4n) is 6.45. The first kappa shape index (κ1) is 19.1. The van der Waals surface area contributed by atoms with Crippen LogP contribution in [0.3, 0.4) is 0 Å². The summed E-state index contributed by atoms with van der Waals surface area (Å²) >= 11 is 0. The lowest BCUT2D eigenvalue weighted by molar-refractivity contribution is -0.206. The van der Waals surface area contributed by atoms with Crippen LogP contribution in [0.5, 0.6) is 5.75 Å². The van der Waals surface area contributed by atoms with Gasteiger partial charge in [-0.3, -0.25) is 9.69 Å². The smallest absolute Gasteiger partial charge is 0.254 e. The number of allylic oxidation sites excluding steroid dienone is 1. The van der Waals surface area contributed by atoms with Gasteiger partial charge in [0.15, 0.2) is 0 Å². The average molecular weight is 399 g/mol. The number of likely N-dealkylation sites (tertiary alicyclic amines) is 1. The van der Waals surface area contributed by atoms with E-state index in [1.54, 1.807) is 7.05 Å². The Bertz CT molecular complexity index is 908. The maximum atomic E-state index is 12.5. The number of piperidine rings is 1. The Morgan fingerprint density at radius 2 is 2.17 bits per heavy atom. The Morgan fingerprint density at radius 1 is 1.38 bits per heavy atom. The van der Waals surface area contributed by atoms with Gasteiger partial charge in [-0.05, 0) is 57.7 Å². The SMILES string of the molecule is CNC(=O)c1ccc2c3c1OC1C(O)CCC4(O)C(C2)N(CC=C(C)C)CCC314. The van der Waals surface area contributed by atoms with E-state index in [4.69, 9.17) is 4.74 Å². The van der Waals surface area contributed by atoms with Crippen LogP contribution in [0.4, 0.5) is 0 Å². The molecule has 5 rings (SSSR count). The number of aliphatic hydroxyl groups excluding tert-OH is 1. The minimum absolute atomic E-state index is 0.0187. The molecule has 2 aliphatic carbocycles. The molecular weight excluding hydrogens is 368 g/mol. The van der Waals surface area contributed by atoms with Crippen LogP contribution in [-0.4, -0.2) is 65.0 Å². The van der Waals surface area contributed by atoms with Gasteiger partial charge in [0.1, 0.15) is 11.9 Å². The average Bonchev–Trinajstić information content (AvgIpc) is 3.04. The maximum absolute atomic E-state index is 12.5. The number of amides is 1. The zero-order valence-corrected chi connectivity index (χ0v) is 17.4. The summed E-state index contributed by atoms with van der Waals surface area (Å²) in [5.74, 6) is 0.376. The van der Waals surface area contributed by atoms with E-state index >= 15 is 0 Å².